The largest absolute Gasteiger partial charge is 0.457 e. The van der Waals surface area contributed by atoms with Gasteiger partial charge in [-0.3, -0.25) is 9.59 Å². The number of esters is 1. The molecule has 7 atom stereocenters. The minimum Gasteiger partial charge on any atom is -0.457 e. The maximum atomic E-state index is 12.6. The van der Waals surface area contributed by atoms with Crippen LogP contribution in [0.2, 0.25) is 0 Å². The zero-order valence-electron chi connectivity index (χ0n) is 24.8. The lowest BCUT2D eigenvalue weighted by Crippen LogP contribution is -2.65. The van der Waals surface area contributed by atoms with Gasteiger partial charge in [-0.25, -0.2) is 0 Å². The Kier molecular flexibility index (Phi) is 20.5. The van der Waals surface area contributed by atoms with Crippen LogP contribution in [0.15, 0.2) is 0 Å². The molecule has 10 nitrogen and oxygen atoms in total. The number of aliphatic hydroxyl groups excluding tert-OH is 5. The highest BCUT2D eigenvalue weighted by Gasteiger charge is 2.47. The van der Waals surface area contributed by atoms with Crippen LogP contribution in [-0.4, -0.2) is 86.9 Å². The second-order valence-corrected chi connectivity index (χ2v) is 11.3. The van der Waals surface area contributed by atoms with Crippen LogP contribution >= 0.6 is 0 Å². The van der Waals surface area contributed by atoms with E-state index in [0.29, 0.717) is 12.8 Å². The van der Waals surface area contributed by atoms with Gasteiger partial charge in [0.1, 0.15) is 18.2 Å². The summed E-state index contributed by atoms with van der Waals surface area (Å²) in [5, 5.41) is 53.7. The quantitative estimate of drug-likeness (QED) is 0.0792. The fourth-order valence-electron chi connectivity index (χ4n) is 5.11. The van der Waals surface area contributed by atoms with Gasteiger partial charge in [0.15, 0.2) is 12.4 Å². The molecule has 236 valence electrons. The summed E-state index contributed by atoms with van der Waals surface area (Å²) in [6, 6.07) is -1.31. The highest BCUT2D eigenvalue weighted by Crippen LogP contribution is 2.24. The Morgan fingerprint density at radius 2 is 1.25 bits per heavy atom. The van der Waals surface area contributed by atoms with Gasteiger partial charge in [0.2, 0.25) is 5.91 Å². The summed E-state index contributed by atoms with van der Waals surface area (Å²) in [5.41, 5.74) is 0. The van der Waals surface area contributed by atoms with E-state index in [1.54, 1.807) is 0 Å². The van der Waals surface area contributed by atoms with E-state index in [1.165, 1.54) is 38.5 Å². The molecule has 0 aromatic carbocycles. The fourth-order valence-corrected chi connectivity index (χ4v) is 5.11. The Morgan fingerprint density at radius 3 is 1.75 bits per heavy atom. The molecule has 6 N–H and O–H groups in total. The molecule has 0 spiro atoms. The molecule has 40 heavy (non-hydrogen) atoms. The number of nitrogens with one attached hydrogen (secondary N) is 1. The summed E-state index contributed by atoms with van der Waals surface area (Å²) in [4.78, 5) is 25.2. The number of hydrogen-bond donors (Lipinski definition) is 6. The summed E-state index contributed by atoms with van der Waals surface area (Å²) in [5.74, 6) is -1.38. The highest BCUT2D eigenvalue weighted by molar-refractivity contribution is 5.77. The van der Waals surface area contributed by atoms with E-state index >= 15 is 0 Å². The molecule has 0 aromatic rings. The lowest BCUT2D eigenvalue weighted by atomic mass is 9.96. The van der Waals surface area contributed by atoms with Gasteiger partial charge < -0.3 is 40.3 Å². The van der Waals surface area contributed by atoms with Gasteiger partial charge in [0, 0.05) is 0 Å². The first-order valence-electron chi connectivity index (χ1n) is 15.7. The molecule has 1 unspecified atom stereocenters. The van der Waals surface area contributed by atoms with Crippen molar-refractivity contribution in [3.8, 4) is 0 Å². The van der Waals surface area contributed by atoms with Crippen LogP contribution in [0.3, 0.4) is 0 Å². The fraction of sp³-hybridized carbons (Fsp3) is 0.933. The summed E-state index contributed by atoms with van der Waals surface area (Å²) in [6.45, 7) is 3.68. The van der Waals surface area contributed by atoms with Crippen molar-refractivity contribution in [1.82, 2.24) is 5.32 Å². The van der Waals surface area contributed by atoms with Crippen LogP contribution in [0.5, 0.6) is 0 Å². The molecule has 0 saturated carbocycles. The SMILES string of the molecule is CCCCCCCCCCC[C@@H](O)CC(=O)O[C@H]1[C@H](O)[C@@H](CO)OC(O)[C@@H]1NC(=O)C[C@H](O)CCCCCCC. The smallest absolute Gasteiger partial charge is 0.308 e. The molecule has 0 aliphatic carbocycles. The van der Waals surface area contributed by atoms with Gasteiger partial charge in [-0.05, 0) is 12.8 Å². The van der Waals surface area contributed by atoms with Crippen molar-refractivity contribution in [2.24, 2.45) is 0 Å². The molecule has 1 heterocycles. The molecule has 1 saturated heterocycles. The minimum absolute atomic E-state index is 0.214. The lowest BCUT2D eigenvalue weighted by molar-refractivity contribution is -0.259. The second-order valence-electron chi connectivity index (χ2n) is 11.3. The van der Waals surface area contributed by atoms with Gasteiger partial charge >= 0.3 is 5.97 Å². The van der Waals surface area contributed by atoms with Gasteiger partial charge in [-0.15, -0.1) is 0 Å². The second kappa shape index (κ2) is 22.3. The summed E-state index contributed by atoms with van der Waals surface area (Å²) in [7, 11) is 0. The monoisotopic (exact) mass is 575 g/mol. The lowest BCUT2D eigenvalue weighted by Gasteiger charge is -2.42. The molecule has 0 radical (unpaired) electrons. The molecular weight excluding hydrogens is 518 g/mol. The van der Waals surface area contributed by atoms with Crippen LogP contribution < -0.4 is 5.32 Å². The van der Waals surface area contributed by atoms with Gasteiger partial charge in [0.25, 0.3) is 0 Å². The standard InChI is InChI=1S/C30H57NO9/c1-3-5-7-9-10-11-12-14-16-18-23(34)20-26(36)40-29-27(30(38)39-24(21-32)28(29)37)31-25(35)19-22(33)17-15-13-8-6-4-2/h22-24,27-30,32-34,37-38H,3-21H2,1-2H3,(H,31,35)/t22-,23-,24-,27-,28-,29-,30?/m1/s1. The van der Waals surface area contributed by atoms with E-state index < -0.39 is 61.3 Å². The minimum atomic E-state index is -1.65. The number of aliphatic hydroxyl groups is 5. The van der Waals surface area contributed by atoms with Gasteiger partial charge in [-0.1, -0.05) is 104 Å². The molecule has 0 aromatic heterocycles. The Bertz CT molecular complexity index is 665. The highest BCUT2D eigenvalue weighted by atomic mass is 16.6. The third kappa shape index (κ3) is 15.6. The average molecular weight is 576 g/mol. The third-order valence-electron chi connectivity index (χ3n) is 7.57. The molecule has 10 heteroatoms. The van der Waals surface area contributed by atoms with Crippen molar-refractivity contribution in [3.05, 3.63) is 0 Å². The van der Waals surface area contributed by atoms with Crippen LogP contribution in [0, 0.1) is 0 Å². The molecular formula is C30H57NO9. The van der Waals surface area contributed by atoms with Gasteiger partial charge in [0.05, 0.1) is 31.7 Å². The van der Waals surface area contributed by atoms with E-state index in [4.69, 9.17) is 9.47 Å². The number of hydrogen-bond acceptors (Lipinski definition) is 9. The Balaban J connectivity index is 2.52. The summed E-state index contributed by atoms with van der Waals surface area (Å²) < 4.78 is 10.6. The van der Waals surface area contributed by atoms with Crippen molar-refractivity contribution in [1.29, 1.82) is 0 Å². The number of carbonyl (C=O) groups excluding carboxylic acids is 2. The zero-order chi connectivity index (χ0) is 29.8. The maximum Gasteiger partial charge on any atom is 0.308 e. The molecule has 1 amide bonds. The number of rotatable bonds is 23. The van der Waals surface area contributed by atoms with Crippen LogP contribution in [0.1, 0.15) is 129 Å². The first-order valence-corrected chi connectivity index (χ1v) is 15.7. The zero-order valence-corrected chi connectivity index (χ0v) is 24.8. The van der Waals surface area contributed by atoms with E-state index in [-0.39, 0.29) is 12.8 Å². The van der Waals surface area contributed by atoms with Crippen molar-refractivity contribution >= 4 is 11.9 Å². The molecule has 1 aliphatic rings. The van der Waals surface area contributed by atoms with Crippen molar-refractivity contribution in [2.75, 3.05) is 6.61 Å². The molecule has 0 bridgehead atoms. The van der Waals surface area contributed by atoms with E-state index in [9.17, 15) is 35.1 Å². The van der Waals surface area contributed by atoms with Crippen LogP contribution in [-0.2, 0) is 19.1 Å². The normalized spacial score (nSPS) is 24.4. The molecule has 1 fully saturated rings. The topological polar surface area (TPSA) is 166 Å². The molecule has 1 aliphatic heterocycles. The first kappa shape index (κ1) is 36.7. The average Bonchev–Trinajstić information content (AvgIpc) is 2.91. The Labute approximate surface area is 240 Å². The Morgan fingerprint density at radius 1 is 0.775 bits per heavy atom. The maximum absolute atomic E-state index is 12.6. The number of amides is 1. The summed E-state index contributed by atoms with van der Waals surface area (Å²) in [6.07, 6.45) is 8.21. The van der Waals surface area contributed by atoms with E-state index in [2.05, 4.69) is 19.2 Å². The van der Waals surface area contributed by atoms with Crippen molar-refractivity contribution < 1.29 is 44.6 Å². The van der Waals surface area contributed by atoms with E-state index in [1.807, 2.05) is 0 Å². The van der Waals surface area contributed by atoms with Gasteiger partial charge in [-0.2, -0.15) is 0 Å². The van der Waals surface area contributed by atoms with Crippen molar-refractivity contribution in [3.63, 3.8) is 0 Å². The van der Waals surface area contributed by atoms with E-state index in [0.717, 1.165) is 51.4 Å². The summed E-state index contributed by atoms with van der Waals surface area (Å²) >= 11 is 0. The number of ether oxygens (including phenoxy) is 2. The van der Waals surface area contributed by atoms with Crippen LogP contribution in [0.25, 0.3) is 0 Å². The predicted molar refractivity (Wildman–Crippen MR) is 152 cm³/mol. The Hall–Kier alpha value is -1.30. The predicted octanol–water partition coefficient (Wildman–Crippen LogP) is 3.24. The van der Waals surface area contributed by atoms with Crippen molar-refractivity contribution in [2.45, 2.75) is 172 Å². The first-order chi connectivity index (χ1) is 19.2. The van der Waals surface area contributed by atoms with Crippen LogP contribution in [0.4, 0.5) is 0 Å². The third-order valence-corrected chi connectivity index (χ3v) is 7.57. The number of unbranched alkanes of at least 4 members (excludes halogenated alkanes) is 12. The molecule has 1 rings (SSSR count). The number of carbonyl (C=O) groups is 2.